The summed E-state index contributed by atoms with van der Waals surface area (Å²) in [5.41, 5.74) is 0.458. The van der Waals surface area contributed by atoms with Crippen LogP contribution < -0.4 is 0 Å². The fourth-order valence-electron chi connectivity index (χ4n) is 2.15. The molecule has 0 spiro atoms. The van der Waals surface area contributed by atoms with Gasteiger partial charge in [0, 0.05) is 11.6 Å². The first-order valence-corrected chi connectivity index (χ1v) is 6.06. The number of hydrogen-bond donors (Lipinski definition) is 1. The van der Waals surface area contributed by atoms with Crippen LogP contribution in [0.25, 0.3) is 11.4 Å². The van der Waals surface area contributed by atoms with E-state index in [1.807, 2.05) is 0 Å². The fourth-order valence-corrected chi connectivity index (χ4v) is 2.15. The summed E-state index contributed by atoms with van der Waals surface area (Å²) in [5.74, 6) is 1.74. The van der Waals surface area contributed by atoms with Crippen molar-refractivity contribution in [2.75, 3.05) is 0 Å². The van der Waals surface area contributed by atoms with E-state index in [1.165, 1.54) is 19.0 Å². The van der Waals surface area contributed by atoms with Gasteiger partial charge >= 0.3 is 0 Å². The van der Waals surface area contributed by atoms with Gasteiger partial charge in [-0.1, -0.05) is 19.0 Å². The van der Waals surface area contributed by atoms with Crippen LogP contribution >= 0.6 is 0 Å². The molecule has 0 amide bonds. The second kappa shape index (κ2) is 3.80. The minimum absolute atomic E-state index is 0.0640. The molecule has 1 N–H and O–H groups in total. The Hall–Kier alpha value is -1.91. The van der Waals surface area contributed by atoms with Crippen molar-refractivity contribution in [3.63, 3.8) is 0 Å². The maximum atomic E-state index is 9.71. The van der Waals surface area contributed by atoms with Crippen molar-refractivity contribution < 1.29 is 9.63 Å². The molecular weight excluding hydrogens is 230 g/mol. The standard InChI is InChI=1S/C13H15N3O2/c1-13(2,8-3-4-8)12-15-11(16-18-12)9-5-6-14-7-10(9)17/h5-8,17H,3-4H2,1-2H3. The van der Waals surface area contributed by atoms with Gasteiger partial charge < -0.3 is 9.63 Å². The van der Waals surface area contributed by atoms with Gasteiger partial charge in [-0.2, -0.15) is 4.98 Å². The lowest BCUT2D eigenvalue weighted by atomic mass is 9.87. The first-order chi connectivity index (χ1) is 8.59. The molecule has 2 aromatic rings. The lowest BCUT2D eigenvalue weighted by Crippen LogP contribution is -2.20. The number of rotatable bonds is 3. The summed E-state index contributed by atoms with van der Waals surface area (Å²) < 4.78 is 5.35. The van der Waals surface area contributed by atoms with Gasteiger partial charge in [0.2, 0.25) is 11.7 Å². The molecule has 0 aliphatic heterocycles. The SMILES string of the molecule is CC(C)(c1nc(-c2ccncc2O)no1)C1CC1. The lowest BCUT2D eigenvalue weighted by Gasteiger charge is -2.18. The first kappa shape index (κ1) is 11.2. The molecule has 0 saturated heterocycles. The molecule has 0 unspecified atom stereocenters. The van der Waals surface area contributed by atoms with Crippen molar-refractivity contribution in [1.29, 1.82) is 0 Å². The van der Waals surface area contributed by atoms with Crippen molar-refractivity contribution >= 4 is 0 Å². The zero-order valence-corrected chi connectivity index (χ0v) is 10.4. The van der Waals surface area contributed by atoms with E-state index < -0.39 is 0 Å². The second-order valence-corrected chi connectivity index (χ2v) is 5.31. The highest BCUT2D eigenvalue weighted by Crippen LogP contribution is 2.46. The second-order valence-electron chi connectivity index (χ2n) is 5.31. The highest BCUT2D eigenvalue weighted by molar-refractivity contribution is 5.61. The summed E-state index contributed by atoms with van der Waals surface area (Å²) in [4.78, 5) is 8.24. The minimum atomic E-state index is -0.0894. The van der Waals surface area contributed by atoms with E-state index in [4.69, 9.17) is 4.52 Å². The average molecular weight is 245 g/mol. The highest BCUT2D eigenvalue weighted by Gasteiger charge is 2.43. The molecule has 1 fully saturated rings. The Labute approximate surface area is 105 Å². The summed E-state index contributed by atoms with van der Waals surface area (Å²) >= 11 is 0. The molecule has 3 rings (SSSR count). The van der Waals surface area contributed by atoms with Crippen molar-refractivity contribution in [1.82, 2.24) is 15.1 Å². The molecule has 2 heterocycles. The van der Waals surface area contributed by atoms with E-state index in [0.717, 1.165) is 0 Å². The normalized spacial score (nSPS) is 15.9. The van der Waals surface area contributed by atoms with Crippen LogP contribution in [0.1, 0.15) is 32.6 Å². The van der Waals surface area contributed by atoms with Gasteiger partial charge in [0.05, 0.1) is 11.8 Å². The average Bonchev–Trinajstić information content (AvgIpc) is 3.09. The fraction of sp³-hybridized carbons (Fsp3) is 0.462. The summed E-state index contributed by atoms with van der Waals surface area (Å²) in [6, 6.07) is 1.67. The summed E-state index contributed by atoms with van der Waals surface area (Å²) in [6.45, 7) is 4.24. The van der Waals surface area contributed by atoms with Gasteiger partial charge in [0.1, 0.15) is 5.75 Å². The van der Waals surface area contributed by atoms with Crippen molar-refractivity contribution in [3.05, 3.63) is 24.4 Å². The Kier molecular flexibility index (Phi) is 2.36. The highest BCUT2D eigenvalue weighted by atomic mass is 16.5. The van der Waals surface area contributed by atoms with Crippen molar-refractivity contribution in [3.8, 4) is 17.1 Å². The van der Waals surface area contributed by atoms with E-state index in [9.17, 15) is 5.11 Å². The van der Waals surface area contributed by atoms with Crippen LogP contribution in [0.3, 0.4) is 0 Å². The molecule has 18 heavy (non-hydrogen) atoms. The molecule has 94 valence electrons. The van der Waals surface area contributed by atoms with E-state index in [1.54, 1.807) is 12.3 Å². The van der Waals surface area contributed by atoms with Crippen LogP contribution in [0.4, 0.5) is 0 Å². The van der Waals surface area contributed by atoms with Crippen LogP contribution in [-0.2, 0) is 5.41 Å². The Morgan fingerprint density at radius 2 is 2.17 bits per heavy atom. The molecule has 5 heteroatoms. The molecule has 0 aromatic carbocycles. The maximum absolute atomic E-state index is 9.71. The third-order valence-corrected chi connectivity index (χ3v) is 3.62. The third kappa shape index (κ3) is 1.75. The summed E-state index contributed by atoms with van der Waals surface area (Å²) in [7, 11) is 0. The molecule has 1 saturated carbocycles. The van der Waals surface area contributed by atoms with Gasteiger partial charge in [-0.3, -0.25) is 4.98 Å². The first-order valence-electron chi connectivity index (χ1n) is 6.06. The number of hydrogen-bond acceptors (Lipinski definition) is 5. The quantitative estimate of drug-likeness (QED) is 0.899. The van der Waals surface area contributed by atoms with Crippen LogP contribution in [0.2, 0.25) is 0 Å². The van der Waals surface area contributed by atoms with Gasteiger partial charge in [0.15, 0.2) is 0 Å². The Morgan fingerprint density at radius 3 is 2.83 bits per heavy atom. The summed E-state index contributed by atoms with van der Waals surface area (Å²) in [5, 5.41) is 13.7. The van der Waals surface area contributed by atoms with E-state index in [-0.39, 0.29) is 11.2 Å². The monoisotopic (exact) mass is 245 g/mol. The molecule has 0 radical (unpaired) electrons. The zero-order chi connectivity index (χ0) is 12.8. The van der Waals surface area contributed by atoms with Gasteiger partial charge in [-0.05, 0) is 24.8 Å². The molecule has 1 aliphatic rings. The third-order valence-electron chi connectivity index (χ3n) is 3.62. The van der Waals surface area contributed by atoms with Crippen molar-refractivity contribution in [2.24, 2.45) is 5.92 Å². The van der Waals surface area contributed by atoms with E-state index in [2.05, 4.69) is 29.0 Å². The Bertz CT molecular complexity index is 573. The predicted octanol–water partition coefficient (Wildman–Crippen LogP) is 2.52. The van der Waals surface area contributed by atoms with Gasteiger partial charge in [0.25, 0.3) is 0 Å². The number of pyridine rings is 1. The number of aromatic nitrogens is 3. The smallest absolute Gasteiger partial charge is 0.232 e. The maximum Gasteiger partial charge on any atom is 0.232 e. The van der Waals surface area contributed by atoms with Crippen LogP contribution in [0.5, 0.6) is 5.75 Å². The molecule has 2 aromatic heterocycles. The molecular formula is C13H15N3O2. The Morgan fingerprint density at radius 1 is 1.39 bits per heavy atom. The topological polar surface area (TPSA) is 72.0 Å². The number of aromatic hydroxyl groups is 1. The van der Waals surface area contributed by atoms with E-state index in [0.29, 0.717) is 23.2 Å². The largest absolute Gasteiger partial charge is 0.506 e. The molecule has 0 atom stereocenters. The van der Waals surface area contributed by atoms with Gasteiger partial charge in [-0.15, -0.1) is 0 Å². The lowest BCUT2D eigenvalue weighted by molar-refractivity contribution is 0.285. The van der Waals surface area contributed by atoms with Gasteiger partial charge in [-0.25, -0.2) is 0 Å². The predicted molar refractivity (Wildman–Crippen MR) is 64.9 cm³/mol. The summed E-state index contributed by atoms with van der Waals surface area (Å²) in [6.07, 6.45) is 5.39. The van der Waals surface area contributed by atoms with Crippen LogP contribution in [0, 0.1) is 5.92 Å². The van der Waals surface area contributed by atoms with Crippen molar-refractivity contribution in [2.45, 2.75) is 32.1 Å². The van der Waals surface area contributed by atoms with Crippen LogP contribution in [-0.4, -0.2) is 20.2 Å². The number of nitrogens with zero attached hydrogens (tertiary/aromatic N) is 3. The molecule has 0 bridgehead atoms. The van der Waals surface area contributed by atoms with Crippen LogP contribution in [0.15, 0.2) is 23.0 Å². The Balaban J connectivity index is 1.97. The molecule has 1 aliphatic carbocycles. The minimum Gasteiger partial charge on any atom is -0.506 e. The zero-order valence-electron chi connectivity index (χ0n) is 10.4. The molecule has 5 nitrogen and oxygen atoms in total. The van der Waals surface area contributed by atoms with E-state index >= 15 is 0 Å².